The Balaban J connectivity index is 1.99. The average molecular weight is 222 g/mol. The Labute approximate surface area is 98.8 Å². The Hall–Kier alpha value is -2.42. The first kappa shape index (κ1) is 9.78. The molecule has 0 aliphatic heterocycles. The lowest BCUT2D eigenvalue weighted by atomic mass is 10.2. The van der Waals surface area contributed by atoms with Crippen LogP contribution in [0.4, 0.5) is 0 Å². The molecule has 0 saturated carbocycles. The standard InChI is InChI=1S/C14H10N2O/c1-2-6-11(7-3-1)14-16-13(10-17-14)12-8-4-5-9-15-12/h1-10H. The van der Waals surface area contributed by atoms with Gasteiger partial charge in [-0.25, -0.2) is 4.98 Å². The Bertz CT molecular complexity index is 548. The Morgan fingerprint density at radius 1 is 0.824 bits per heavy atom. The third-order valence-corrected chi connectivity index (χ3v) is 2.45. The molecule has 3 aromatic rings. The summed E-state index contributed by atoms with van der Waals surface area (Å²) in [6, 6.07) is 15.5. The van der Waals surface area contributed by atoms with Crippen molar-refractivity contribution in [1.29, 1.82) is 0 Å². The second kappa shape index (κ2) is 4.22. The number of pyridine rings is 1. The first-order valence-electron chi connectivity index (χ1n) is 5.36. The maximum absolute atomic E-state index is 5.45. The maximum Gasteiger partial charge on any atom is 0.226 e. The van der Waals surface area contributed by atoms with E-state index in [1.54, 1.807) is 12.5 Å². The Morgan fingerprint density at radius 2 is 1.65 bits per heavy atom. The molecule has 2 heterocycles. The highest BCUT2D eigenvalue weighted by molar-refractivity contribution is 5.59. The number of oxazole rings is 1. The third-order valence-electron chi connectivity index (χ3n) is 2.45. The van der Waals surface area contributed by atoms with Gasteiger partial charge in [0.2, 0.25) is 5.89 Å². The van der Waals surface area contributed by atoms with Crippen LogP contribution in [0.25, 0.3) is 22.8 Å². The van der Waals surface area contributed by atoms with Crippen molar-refractivity contribution >= 4 is 0 Å². The predicted octanol–water partition coefficient (Wildman–Crippen LogP) is 3.40. The molecule has 3 heteroatoms. The van der Waals surface area contributed by atoms with Gasteiger partial charge in [-0.2, -0.15) is 0 Å². The number of aromatic nitrogens is 2. The maximum atomic E-state index is 5.45. The van der Waals surface area contributed by atoms with E-state index in [0.717, 1.165) is 17.0 Å². The van der Waals surface area contributed by atoms with E-state index in [-0.39, 0.29) is 0 Å². The van der Waals surface area contributed by atoms with Gasteiger partial charge in [-0.15, -0.1) is 0 Å². The molecule has 0 aliphatic carbocycles. The number of hydrogen-bond acceptors (Lipinski definition) is 3. The van der Waals surface area contributed by atoms with Crippen LogP contribution in [0.1, 0.15) is 0 Å². The summed E-state index contributed by atoms with van der Waals surface area (Å²) in [5, 5.41) is 0. The second-order valence-corrected chi connectivity index (χ2v) is 3.62. The summed E-state index contributed by atoms with van der Waals surface area (Å²) in [6.45, 7) is 0. The lowest BCUT2D eigenvalue weighted by Gasteiger charge is -1.93. The fourth-order valence-electron chi connectivity index (χ4n) is 1.62. The highest BCUT2D eigenvalue weighted by Gasteiger charge is 2.07. The van der Waals surface area contributed by atoms with Gasteiger partial charge in [0.15, 0.2) is 0 Å². The fraction of sp³-hybridized carbons (Fsp3) is 0. The van der Waals surface area contributed by atoms with Gasteiger partial charge >= 0.3 is 0 Å². The van der Waals surface area contributed by atoms with Crippen LogP contribution in [-0.4, -0.2) is 9.97 Å². The summed E-state index contributed by atoms with van der Waals surface area (Å²) in [5.74, 6) is 0.617. The van der Waals surface area contributed by atoms with E-state index in [9.17, 15) is 0 Å². The molecule has 0 amide bonds. The monoisotopic (exact) mass is 222 g/mol. The fourth-order valence-corrected chi connectivity index (χ4v) is 1.62. The summed E-state index contributed by atoms with van der Waals surface area (Å²) in [5.41, 5.74) is 2.54. The van der Waals surface area contributed by atoms with Crippen LogP contribution >= 0.6 is 0 Å². The van der Waals surface area contributed by atoms with Crippen molar-refractivity contribution in [1.82, 2.24) is 9.97 Å². The lowest BCUT2D eigenvalue weighted by Crippen LogP contribution is -1.82. The van der Waals surface area contributed by atoms with E-state index in [1.807, 2.05) is 48.5 Å². The number of benzene rings is 1. The normalized spacial score (nSPS) is 10.4. The minimum absolute atomic E-state index is 0.617. The summed E-state index contributed by atoms with van der Waals surface area (Å²) < 4.78 is 5.45. The zero-order chi connectivity index (χ0) is 11.5. The summed E-state index contributed by atoms with van der Waals surface area (Å²) in [6.07, 6.45) is 3.37. The van der Waals surface area contributed by atoms with E-state index < -0.39 is 0 Å². The molecule has 17 heavy (non-hydrogen) atoms. The van der Waals surface area contributed by atoms with Crippen LogP contribution in [0.3, 0.4) is 0 Å². The van der Waals surface area contributed by atoms with Crippen LogP contribution in [0, 0.1) is 0 Å². The smallest absolute Gasteiger partial charge is 0.226 e. The molecule has 0 fully saturated rings. The number of nitrogens with zero attached hydrogens (tertiary/aromatic N) is 2. The third kappa shape index (κ3) is 1.95. The van der Waals surface area contributed by atoms with Gasteiger partial charge in [-0.3, -0.25) is 4.98 Å². The molecule has 0 N–H and O–H groups in total. The Morgan fingerprint density at radius 3 is 2.41 bits per heavy atom. The SMILES string of the molecule is c1ccc(-c2nc(-c3ccccn3)co2)cc1. The minimum Gasteiger partial charge on any atom is -0.444 e. The van der Waals surface area contributed by atoms with Crippen LogP contribution in [-0.2, 0) is 0 Å². The van der Waals surface area contributed by atoms with Crippen molar-refractivity contribution in [3.63, 3.8) is 0 Å². The first-order valence-corrected chi connectivity index (χ1v) is 5.36. The largest absolute Gasteiger partial charge is 0.444 e. The summed E-state index contributed by atoms with van der Waals surface area (Å²) in [4.78, 5) is 8.66. The zero-order valence-corrected chi connectivity index (χ0v) is 9.08. The van der Waals surface area contributed by atoms with Crippen molar-refractivity contribution in [2.45, 2.75) is 0 Å². The lowest BCUT2D eigenvalue weighted by molar-refractivity contribution is 0.575. The van der Waals surface area contributed by atoms with Gasteiger partial charge in [0, 0.05) is 11.8 Å². The van der Waals surface area contributed by atoms with Crippen molar-refractivity contribution in [2.24, 2.45) is 0 Å². The Kier molecular flexibility index (Phi) is 2.43. The molecule has 0 spiro atoms. The second-order valence-electron chi connectivity index (χ2n) is 3.62. The molecule has 0 aliphatic rings. The molecular weight excluding hydrogens is 212 g/mol. The van der Waals surface area contributed by atoms with Crippen molar-refractivity contribution in [3.05, 3.63) is 61.0 Å². The van der Waals surface area contributed by atoms with Gasteiger partial charge in [0.25, 0.3) is 0 Å². The van der Waals surface area contributed by atoms with Crippen molar-refractivity contribution in [2.75, 3.05) is 0 Å². The van der Waals surface area contributed by atoms with Gasteiger partial charge in [0.1, 0.15) is 12.0 Å². The van der Waals surface area contributed by atoms with Crippen LogP contribution in [0.2, 0.25) is 0 Å². The van der Waals surface area contributed by atoms with E-state index in [2.05, 4.69) is 9.97 Å². The summed E-state index contributed by atoms with van der Waals surface area (Å²) >= 11 is 0. The average Bonchev–Trinajstić information content (AvgIpc) is 2.90. The van der Waals surface area contributed by atoms with Crippen LogP contribution in [0.5, 0.6) is 0 Å². The first-order chi connectivity index (χ1) is 8.43. The quantitative estimate of drug-likeness (QED) is 0.667. The van der Waals surface area contributed by atoms with Crippen molar-refractivity contribution < 1.29 is 4.42 Å². The molecule has 0 saturated heterocycles. The highest BCUT2D eigenvalue weighted by Crippen LogP contribution is 2.22. The van der Waals surface area contributed by atoms with Gasteiger partial charge in [-0.1, -0.05) is 24.3 Å². The molecular formula is C14H10N2O. The molecule has 0 unspecified atom stereocenters. The zero-order valence-electron chi connectivity index (χ0n) is 9.08. The van der Waals surface area contributed by atoms with Crippen LogP contribution in [0.15, 0.2) is 65.4 Å². The summed E-state index contributed by atoms with van der Waals surface area (Å²) in [7, 11) is 0. The number of rotatable bonds is 2. The molecule has 1 aromatic carbocycles. The molecule has 0 bridgehead atoms. The molecule has 3 rings (SSSR count). The van der Waals surface area contributed by atoms with Gasteiger partial charge < -0.3 is 4.42 Å². The molecule has 0 atom stereocenters. The number of hydrogen-bond donors (Lipinski definition) is 0. The topological polar surface area (TPSA) is 38.9 Å². The molecule has 3 nitrogen and oxygen atoms in total. The van der Waals surface area contributed by atoms with Gasteiger partial charge in [-0.05, 0) is 24.3 Å². The molecule has 2 aromatic heterocycles. The van der Waals surface area contributed by atoms with Crippen molar-refractivity contribution in [3.8, 4) is 22.8 Å². The van der Waals surface area contributed by atoms with E-state index in [0.29, 0.717) is 5.89 Å². The minimum atomic E-state index is 0.617. The molecule has 0 radical (unpaired) electrons. The van der Waals surface area contributed by atoms with Crippen LogP contribution < -0.4 is 0 Å². The predicted molar refractivity (Wildman–Crippen MR) is 65.2 cm³/mol. The van der Waals surface area contributed by atoms with Gasteiger partial charge in [0.05, 0.1) is 5.69 Å². The van der Waals surface area contributed by atoms with E-state index >= 15 is 0 Å². The highest BCUT2D eigenvalue weighted by atomic mass is 16.3. The molecule has 82 valence electrons. The van der Waals surface area contributed by atoms with E-state index in [4.69, 9.17) is 4.42 Å². The van der Waals surface area contributed by atoms with E-state index in [1.165, 1.54) is 0 Å².